The van der Waals surface area contributed by atoms with Crippen LogP contribution in [0, 0.1) is 5.92 Å². The molecule has 1 saturated heterocycles. The van der Waals surface area contributed by atoms with Gasteiger partial charge in [0.15, 0.2) is 0 Å². The summed E-state index contributed by atoms with van der Waals surface area (Å²) in [5, 5.41) is 11.3. The zero-order chi connectivity index (χ0) is 18.1. The summed E-state index contributed by atoms with van der Waals surface area (Å²) < 4.78 is 10.9. The second-order valence-corrected chi connectivity index (χ2v) is 7.39. The van der Waals surface area contributed by atoms with Gasteiger partial charge in [-0.05, 0) is 31.9 Å². The van der Waals surface area contributed by atoms with Crippen molar-refractivity contribution < 1.29 is 24.2 Å². The van der Waals surface area contributed by atoms with Gasteiger partial charge in [0.1, 0.15) is 5.25 Å². The monoisotopic (exact) mass is 367 g/mol. The fourth-order valence-corrected chi connectivity index (χ4v) is 3.36. The van der Waals surface area contributed by atoms with Gasteiger partial charge in [-0.3, -0.25) is 9.59 Å². The van der Waals surface area contributed by atoms with E-state index in [4.69, 9.17) is 14.6 Å². The van der Waals surface area contributed by atoms with Crippen LogP contribution >= 0.6 is 11.8 Å². The Morgan fingerprint density at radius 1 is 1.44 bits per heavy atom. The van der Waals surface area contributed by atoms with Crippen LogP contribution in [0.1, 0.15) is 30.1 Å². The number of carbonyl (C=O) groups excluding carboxylic acids is 1. The van der Waals surface area contributed by atoms with Crippen molar-refractivity contribution in [3.05, 3.63) is 29.8 Å². The van der Waals surface area contributed by atoms with E-state index in [1.807, 2.05) is 0 Å². The van der Waals surface area contributed by atoms with Crippen molar-refractivity contribution >= 4 is 23.6 Å². The van der Waals surface area contributed by atoms with Gasteiger partial charge in [0.25, 0.3) is 5.91 Å². The molecule has 0 radical (unpaired) electrons. The number of nitrogens with one attached hydrogen (secondary N) is 1. The molecule has 2 rings (SSSR count). The molecular weight excluding hydrogens is 342 g/mol. The molecule has 1 amide bonds. The Morgan fingerprint density at radius 2 is 2.24 bits per heavy atom. The van der Waals surface area contributed by atoms with Gasteiger partial charge < -0.3 is 19.9 Å². The maximum atomic E-state index is 12.3. The van der Waals surface area contributed by atoms with Crippen LogP contribution in [0.25, 0.3) is 0 Å². The number of aliphatic carboxylic acids is 1. The van der Waals surface area contributed by atoms with E-state index in [1.54, 1.807) is 31.2 Å². The maximum Gasteiger partial charge on any atom is 0.316 e. The molecule has 1 aromatic carbocycles. The van der Waals surface area contributed by atoms with Crippen molar-refractivity contribution in [2.45, 2.75) is 29.9 Å². The third-order valence-electron chi connectivity index (χ3n) is 3.91. The molecule has 0 aliphatic carbocycles. The van der Waals surface area contributed by atoms with Crippen molar-refractivity contribution in [1.29, 1.82) is 0 Å². The first-order chi connectivity index (χ1) is 12.1. The number of carbonyl (C=O) groups is 2. The number of amides is 1. The summed E-state index contributed by atoms with van der Waals surface area (Å²) in [4.78, 5) is 24.0. The summed E-state index contributed by atoms with van der Waals surface area (Å²) in [5.41, 5.74) is 0.504. The normalized spacial score (nSPS) is 18.0. The van der Waals surface area contributed by atoms with E-state index in [0.29, 0.717) is 36.1 Å². The van der Waals surface area contributed by atoms with Crippen molar-refractivity contribution in [1.82, 2.24) is 5.32 Å². The molecule has 1 fully saturated rings. The predicted octanol–water partition coefficient (Wildman–Crippen LogP) is 2.42. The third-order valence-corrected chi connectivity index (χ3v) is 5.08. The minimum Gasteiger partial charge on any atom is -0.480 e. The molecule has 138 valence electrons. The molecule has 1 aromatic rings. The number of hydrogen-bond donors (Lipinski definition) is 2. The van der Waals surface area contributed by atoms with E-state index >= 15 is 0 Å². The summed E-state index contributed by atoms with van der Waals surface area (Å²) in [6, 6.07) is 7.06. The van der Waals surface area contributed by atoms with Crippen LogP contribution in [0.3, 0.4) is 0 Å². The topological polar surface area (TPSA) is 84.9 Å². The molecule has 0 spiro atoms. The summed E-state index contributed by atoms with van der Waals surface area (Å²) in [5.74, 6) is -0.593. The lowest BCUT2D eigenvalue weighted by Crippen LogP contribution is -2.26. The predicted molar refractivity (Wildman–Crippen MR) is 96.1 cm³/mol. The molecule has 2 unspecified atom stereocenters. The molecule has 0 saturated carbocycles. The minimum absolute atomic E-state index is 0.190. The average molecular weight is 367 g/mol. The molecule has 0 bridgehead atoms. The second-order valence-electron chi connectivity index (χ2n) is 6.01. The lowest BCUT2D eigenvalue weighted by atomic mass is 10.1. The zero-order valence-corrected chi connectivity index (χ0v) is 15.2. The second kappa shape index (κ2) is 10.4. The molecule has 0 aromatic heterocycles. The van der Waals surface area contributed by atoms with Crippen molar-refractivity contribution in [3.8, 4) is 0 Å². The van der Waals surface area contributed by atoms with E-state index in [1.165, 1.54) is 11.8 Å². The minimum atomic E-state index is -0.898. The Labute approximate surface area is 152 Å². The first kappa shape index (κ1) is 19.8. The SMILES string of the molecule is CC(Sc1ccccc1C(=O)NCCCOCC1CCOC1)C(=O)O. The Balaban J connectivity index is 1.72. The van der Waals surface area contributed by atoms with Crippen LogP contribution in [0.15, 0.2) is 29.2 Å². The van der Waals surface area contributed by atoms with Gasteiger partial charge in [-0.15, -0.1) is 11.8 Å². The van der Waals surface area contributed by atoms with Crippen molar-refractivity contribution in [3.63, 3.8) is 0 Å². The molecule has 1 aliphatic rings. The summed E-state index contributed by atoms with van der Waals surface area (Å²) in [6.07, 6.45) is 1.79. The number of rotatable bonds is 10. The van der Waals surface area contributed by atoms with Crippen molar-refractivity contribution in [2.24, 2.45) is 5.92 Å². The van der Waals surface area contributed by atoms with Gasteiger partial charge in [0.05, 0.1) is 18.8 Å². The highest BCUT2D eigenvalue weighted by molar-refractivity contribution is 8.00. The van der Waals surface area contributed by atoms with Crippen LogP contribution in [-0.4, -0.2) is 55.2 Å². The van der Waals surface area contributed by atoms with Crippen LogP contribution in [0.2, 0.25) is 0 Å². The lowest BCUT2D eigenvalue weighted by Gasteiger charge is -2.12. The first-order valence-corrected chi connectivity index (χ1v) is 9.38. The number of hydrogen-bond acceptors (Lipinski definition) is 5. The van der Waals surface area contributed by atoms with Crippen LogP contribution in [0.4, 0.5) is 0 Å². The number of thioether (sulfide) groups is 1. The Hall–Kier alpha value is -1.57. The van der Waals surface area contributed by atoms with E-state index in [2.05, 4.69) is 5.32 Å². The zero-order valence-electron chi connectivity index (χ0n) is 14.4. The molecular formula is C18H25NO5S. The fourth-order valence-electron chi connectivity index (χ4n) is 2.43. The first-order valence-electron chi connectivity index (χ1n) is 8.50. The van der Waals surface area contributed by atoms with Gasteiger partial charge in [0.2, 0.25) is 0 Å². The molecule has 6 nitrogen and oxygen atoms in total. The highest BCUT2D eigenvalue weighted by atomic mass is 32.2. The number of benzene rings is 1. The molecule has 25 heavy (non-hydrogen) atoms. The highest BCUT2D eigenvalue weighted by Gasteiger charge is 2.18. The number of carboxylic acids is 1. The third kappa shape index (κ3) is 6.68. The Bertz CT molecular complexity index is 574. The average Bonchev–Trinajstić information content (AvgIpc) is 3.11. The number of carboxylic acid groups (broad SMARTS) is 1. The van der Waals surface area contributed by atoms with Gasteiger partial charge >= 0.3 is 5.97 Å². The van der Waals surface area contributed by atoms with Crippen LogP contribution in [0.5, 0.6) is 0 Å². The largest absolute Gasteiger partial charge is 0.480 e. The summed E-state index contributed by atoms with van der Waals surface area (Å²) in [6.45, 7) is 5.04. The maximum absolute atomic E-state index is 12.3. The smallest absolute Gasteiger partial charge is 0.316 e. The summed E-state index contributed by atoms with van der Waals surface area (Å²) >= 11 is 1.17. The van der Waals surface area contributed by atoms with E-state index < -0.39 is 11.2 Å². The molecule has 2 atom stereocenters. The van der Waals surface area contributed by atoms with Gasteiger partial charge in [-0.1, -0.05) is 12.1 Å². The van der Waals surface area contributed by atoms with E-state index in [0.717, 1.165) is 26.1 Å². The quantitative estimate of drug-likeness (QED) is 0.488. The van der Waals surface area contributed by atoms with E-state index in [-0.39, 0.29) is 5.91 Å². The Kier molecular flexibility index (Phi) is 8.24. The van der Waals surface area contributed by atoms with Gasteiger partial charge in [-0.25, -0.2) is 0 Å². The lowest BCUT2D eigenvalue weighted by molar-refractivity contribution is -0.136. The number of ether oxygens (including phenoxy) is 2. The van der Waals surface area contributed by atoms with Gasteiger partial charge in [-0.2, -0.15) is 0 Å². The van der Waals surface area contributed by atoms with E-state index in [9.17, 15) is 9.59 Å². The standard InChI is InChI=1S/C18H25NO5S/c1-13(18(21)22)25-16-6-3-2-5-15(16)17(20)19-8-4-9-23-11-14-7-10-24-12-14/h2-3,5-6,13-14H,4,7-12H2,1H3,(H,19,20)(H,21,22). The molecule has 2 N–H and O–H groups in total. The molecule has 1 heterocycles. The Morgan fingerprint density at radius 3 is 2.96 bits per heavy atom. The fraction of sp³-hybridized carbons (Fsp3) is 0.556. The molecule has 1 aliphatic heterocycles. The van der Waals surface area contributed by atoms with Crippen LogP contribution < -0.4 is 5.32 Å². The van der Waals surface area contributed by atoms with Gasteiger partial charge in [0, 0.05) is 30.6 Å². The summed E-state index contributed by atoms with van der Waals surface area (Å²) in [7, 11) is 0. The highest BCUT2D eigenvalue weighted by Crippen LogP contribution is 2.26. The molecule has 7 heteroatoms. The van der Waals surface area contributed by atoms with Crippen LogP contribution in [-0.2, 0) is 14.3 Å². The van der Waals surface area contributed by atoms with Crippen molar-refractivity contribution in [2.75, 3.05) is 33.0 Å².